The highest BCUT2D eigenvalue weighted by molar-refractivity contribution is 6.36. The Morgan fingerprint density at radius 1 is 0.862 bits per heavy atom. The number of imide groups is 1. The van der Waals surface area contributed by atoms with Crippen molar-refractivity contribution < 1.29 is 9.59 Å². The van der Waals surface area contributed by atoms with Crippen molar-refractivity contribution in [2.45, 2.75) is 13.0 Å². The summed E-state index contributed by atoms with van der Waals surface area (Å²) in [5.74, 6) is -0.855. The number of hydrogen-bond acceptors (Lipinski definition) is 3. The van der Waals surface area contributed by atoms with Crippen LogP contribution in [0.4, 0.5) is 5.69 Å². The lowest BCUT2D eigenvalue weighted by molar-refractivity contribution is 0.0926. The summed E-state index contributed by atoms with van der Waals surface area (Å²) in [5, 5.41) is 1.08. The van der Waals surface area contributed by atoms with Crippen molar-refractivity contribution in [2.24, 2.45) is 0 Å². The third-order valence-electron chi connectivity index (χ3n) is 5.81. The molecule has 0 unspecified atom stereocenters. The molecule has 6 nitrogen and oxygen atoms in total. The van der Waals surface area contributed by atoms with Gasteiger partial charge in [0.2, 0.25) is 0 Å². The third kappa shape index (κ3) is 2.03. The number of aromatic nitrogens is 2. The zero-order valence-corrected chi connectivity index (χ0v) is 15.3. The standard InChI is InChI=1S/C23H15N3O3/c27-18-12-16-19(23(29)26(22(16)28)13-6-2-1-3-7-13)21-20-15(10-11-25(18)21)14-8-4-5-9-17(14)24-20/h1-9,12,24H,10-11H2. The van der Waals surface area contributed by atoms with Crippen molar-refractivity contribution in [1.82, 2.24) is 9.55 Å². The van der Waals surface area contributed by atoms with E-state index in [1.54, 1.807) is 28.8 Å². The van der Waals surface area contributed by atoms with E-state index >= 15 is 0 Å². The summed E-state index contributed by atoms with van der Waals surface area (Å²) in [6.07, 6.45) is 0.690. The van der Waals surface area contributed by atoms with Crippen LogP contribution in [0.2, 0.25) is 0 Å². The van der Waals surface area contributed by atoms with Gasteiger partial charge in [-0.05, 0) is 30.2 Å². The smallest absolute Gasteiger partial charge is 0.268 e. The van der Waals surface area contributed by atoms with E-state index in [0.717, 1.165) is 27.1 Å². The summed E-state index contributed by atoms with van der Waals surface area (Å²) >= 11 is 0. The number of anilines is 1. The molecule has 0 radical (unpaired) electrons. The first-order valence-electron chi connectivity index (χ1n) is 9.47. The van der Waals surface area contributed by atoms with Gasteiger partial charge in [0.05, 0.1) is 28.2 Å². The molecule has 140 valence electrons. The molecular weight excluding hydrogens is 366 g/mol. The predicted molar refractivity (Wildman–Crippen MR) is 109 cm³/mol. The van der Waals surface area contributed by atoms with Crippen molar-refractivity contribution in [3.05, 3.63) is 87.7 Å². The van der Waals surface area contributed by atoms with Gasteiger partial charge >= 0.3 is 0 Å². The molecule has 0 saturated carbocycles. The van der Waals surface area contributed by atoms with E-state index in [2.05, 4.69) is 4.98 Å². The van der Waals surface area contributed by atoms with Crippen LogP contribution in [0.1, 0.15) is 26.3 Å². The van der Waals surface area contributed by atoms with Gasteiger partial charge in [-0.1, -0.05) is 36.4 Å². The summed E-state index contributed by atoms with van der Waals surface area (Å²) in [7, 11) is 0. The molecule has 0 bridgehead atoms. The number of aryl methyl sites for hydroxylation is 1. The molecule has 2 aliphatic rings. The molecule has 0 saturated heterocycles. The molecule has 4 aromatic rings. The molecule has 2 aromatic carbocycles. The molecule has 1 N–H and O–H groups in total. The number of carbonyl (C=O) groups is 2. The minimum atomic E-state index is -0.458. The number of fused-ring (bicyclic) bond motifs is 7. The van der Waals surface area contributed by atoms with Crippen LogP contribution < -0.4 is 10.5 Å². The van der Waals surface area contributed by atoms with Crippen LogP contribution in [0.15, 0.2) is 65.5 Å². The van der Waals surface area contributed by atoms with Crippen molar-refractivity contribution in [1.29, 1.82) is 0 Å². The second kappa shape index (κ2) is 5.54. The van der Waals surface area contributed by atoms with Crippen molar-refractivity contribution in [2.75, 3.05) is 4.90 Å². The van der Waals surface area contributed by atoms with Crippen molar-refractivity contribution >= 4 is 28.4 Å². The van der Waals surface area contributed by atoms with Gasteiger partial charge in [0, 0.05) is 23.5 Å². The van der Waals surface area contributed by atoms with Crippen LogP contribution in [0.5, 0.6) is 0 Å². The molecule has 29 heavy (non-hydrogen) atoms. The number of para-hydroxylation sites is 2. The van der Waals surface area contributed by atoms with Crippen LogP contribution in [-0.4, -0.2) is 21.4 Å². The first-order valence-corrected chi connectivity index (χ1v) is 9.47. The Kier molecular flexibility index (Phi) is 3.07. The maximum absolute atomic E-state index is 13.4. The van der Waals surface area contributed by atoms with Gasteiger partial charge in [-0.2, -0.15) is 0 Å². The second-order valence-electron chi connectivity index (χ2n) is 7.33. The van der Waals surface area contributed by atoms with E-state index in [4.69, 9.17) is 0 Å². The van der Waals surface area contributed by atoms with Gasteiger partial charge < -0.3 is 9.55 Å². The minimum absolute atomic E-state index is 0.168. The summed E-state index contributed by atoms with van der Waals surface area (Å²) in [6, 6.07) is 18.0. The fourth-order valence-electron chi connectivity index (χ4n) is 4.53. The molecule has 0 aliphatic carbocycles. The Labute approximate surface area is 165 Å². The van der Waals surface area contributed by atoms with Gasteiger partial charge in [-0.3, -0.25) is 14.4 Å². The Morgan fingerprint density at radius 3 is 2.45 bits per heavy atom. The van der Waals surface area contributed by atoms with E-state index in [-0.39, 0.29) is 11.1 Å². The summed E-state index contributed by atoms with van der Waals surface area (Å²) in [4.78, 5) is 43.8. The molecular formula is C23H15N3O3. The van der Waals surface area contributed by atoms with Crippen molar-refractivity contribution in [3.63, 3.8) is 0 Å². The summed E-state index contributed by atoms with van der Waals surface area (Å²) in [5.41, 5.74) is 3.99. The summed E-state index contributed by atoms with van der Waals surface area (Å²) < 4.78 is 1.61. The highest BCUT2D eigenvalue weighted by Crippen LogP contribution is 2.39. The van der Waals surface area contributed by atoms with E-state index < -0.39 is 11.8 Å². The first-order chi connectivity index (χ1) is 14.1. The van der Waals surface area contributed by atoms with Crippen molar-refractivity contribution in [3.8, 4) is 11.4 Å². The Morgan fingerprint density at radius 2 is 1.62 bits per heavy atom. The average molecular weight is 381 g/mol. The van der Waals surface area contributed by atoms with E-state index in [9.17, 15) is 14.4 Å². The quantitative estimate of drug-likeness (QED) is 0.514. The zero-order valence-electron chi connectivity index (χ0n) is 15.3. The molecule has 2 aromatic heterocycles. The average Bonchev–Trinajstić information content (AvgIpc) is 3.24. The van der Waals surface area contributed by atoms with E-state index in [0.29, 0.717) is 29.9 Å². The fourth-order valence-corrected chi connectivity index (χ4v) is 4.53. The Bertz CT molecular complexity index is 1410. The van der Waals surface area contributed by atoms with Gasteiger partial charge in [0.25, 0.3) is 17.4 Å². The zero-order chi connectivity index (χ0) is 19.7. The van der Waals surface area contributed by atoms with Gasteiger partial charge in [0.15, 0.2) is 0 Å². The molecule has 4 heterocycles. The number of benzene rings is 2. The number of amides is 2. The minimum Gasteiger partial charge on any atom is -0.353 e. The lowest BCUT2D eigenvalue weighted by Gasteiger charge is -2.21. The number of rotatable bonds is 1. The molecule has 0 atom stereocenters. The second-order valence-corrected chi connectivity index (χ2v) is 7.33. The van der Waals surface area contributed by atoms with Gasteiger partial charge in [-0.15, -0.1) is 0 Å². The number of nitrogens with zero attached hydrogens (tertiary/aromatic N) is 2. The largest absolute Gasteiger partial charge is 0.353 e. The molecule has 6 heteroatoms. The third-order valence-corrected chi connectivity index (χ3v) is 5.81. The number of nitrogens with one attached hydrogen (secondary N) is 1. The van der Waals surface area contributed by atoms with E-state index in [1.165, 1.54) is 6.07 Å². The monoisotopic (exact) mass is 381 g/mol. The van der Waals surface area contributed by atoms with E-state index in [1.807, 2.05) is 30.3 Å². The van der Waals surface area contributed by atoms with Gasteiger partial charge in [-0.25, -0.2) is 4.90 Å². The lowest BCUT2D eigenvalue weighted by atomic mass is 9.97. The molecule has 0 fully saturated rings. The first kappa shape index (κ1) is 16.1. The lowest BCUT2D eigenvalue weighted by Crippen LogP contribution is -2.29. The van der Waals surface area contributed by atoms with Crippen LogP contribution in [-0.2, 0) is 13.0 Å². The Hall–Kier alpha value is -3.93. The molecule has 6 rings (SSSR count). The SMILES string of the molecule is O=C1c2cc(=O)n3c(c2C(=O)N1c1ccccc1)-c1[nH]c2ccccc2c1CC3. The highest BCUT2D eigenvalue weighted by atomic mass is 16.2. The highest BCUT2D eigenvalue weighted by Gasteiger charge is 2.42. The van der Waals surface area contributed by atoms with Crippen LogP contribution in [0.25, 0.3) is 22.3 Å². The number of pyridine rings is 1. The maximum atomic E-state index is 13.4. The normalized spacial score (nSPS) is 14.8. The van der Waals surface area contributed by atoms with Gasteiger partial charge in [0.1, 0.15) is 0 Å². The van der Waals surface area contributed by atoms with Crippen LogP contribution in [0, 0.1) is 0 Å². The number of aromatic amines is 1. The predicted octanol–water partition coefficient (Wildman–Crippen LogP) is 3.35. The fraction of sp³-hybridized carbons (Fsp3) is 0.0870. The topological polar surface area (TPSA) is 75.2 Å². The molecule has 2 aliphatic heterocycles. The number of hydrogen-bond donors (Lipinski definition) is 1. The van der Waals surface area contributed by atoms with Crippen LogP contribution >= 0.6 is 0 Å². The number of carbonyl (C=O) groups excluding carboxylic acids is 2. The number of H-pyrrole nitrogens is 1. The molecule has 2 amide bonds. The Balaban J connectivity index is 1.66. The van der Waals surface area contributed by atoms with Crippen LogP contribution in [0.3, 0.4) is 0 Å². The summed E-state index contributed by atoms with van der Waals surface area (Å²) in [6.45, 7) is 0.475. The molecule has 0 spiro atoms. The maximum Gasteiger partial charge on any atom is 0.268 e.